The van der Waals surface area contributed by atoms with Crippen LogP contribution in [0.2, 0.25) is 0 Å². The molecule has 1 aliphatic heterocycles. The second kappa shape index (κ2) is 7.18. The summed E-state index contributed by atoms with van der Waals surface area (Å²) in [6.45, 7) is 6.25. The summed E-state index contributed by atoms with van der Waals surface area (Å²) in [6, 6.07) is 15.6. The van der Waals surface area contributed by atoms with Crippen LogP contribution in [-0.2, 0) is 9.59 Å². The number of Topliss-reactive ketones (excluding diaryl/α,β-unsaturated/α-hetero) is 1. The second-order valence-corrected chi connectivity index (χ2v) is 8.84. The van der Waals surface area contributed by atoms with Gasteiger partial charge in [0, 0.05) is 35.7 Å². The van der Waals surface area contributed by atoms with Crippen LogP contribution in [-0.4, -0.2) is 18.8 Å². The third kappa shape index (κ3) is 3.48. The summed E-state index contributed by atoms with van der Waals surface area (Å²) in [4.78, 5) is 28.4. The highest BCUT2D eigenvalue weighted by Gasteiger charge is 2.44. The van der Waals surface area contributed by atoms with Gasteiger partial charge in [0.2, 0.25) is 5.91 Å². The molecule has 1 amide bonds. The highest BCUT2D eigenvalue weighted by molar-refractivity contribution is 6.07. The lowest BCUT2D eigenvalue weighted by Crippen LogP contribution is -2.43. The third-order valence-electron chi connectivity index (χ3n) is 6.04. The van der Waals surface area contributed by atoms with Crippen LogP contribution in [0.25, 0.3) is 0 Å². The molecule has 0 saturated heterocycles. The summed E-state index contributed by atoms with van der Waals surface area (Å²) in [6.07, 6.45) is 1.52. The Bertz CT molecular complexity index is 1000. The molecule has 4 rings (SSSR count). The van der Waals surface area contributed by atoms with Gasteiger partial charge in [0.25, 0.3) is 0 Å². The molecule has 1 atom stereocenters. The van der Waals surface area contributed by atoms with Crippen LogP contribution in [0.4, 0.5) is 5.69 Å². The number of ketones is 1. The van der Waals surface area contributed by atoms with E-state index in [9.17, 15) is 9.59 Å². The standard InChI is InChI=1S/C25H27NO3/c1-16-7-5-6-8-19(16)20-13-23(28)26(17-9-11-18(29-4)12-10-17)21-14-25(2,3)15-22(27)24(20)21/h5-12,20H,13-15H2,1-4H3. The predicted octanol–water partition coefficient (Wildman–Crippen LogP) is 5.17. The molecule has 1 unspecified atom stereocenters. The maximum absolute atomic E-state index is 13.4. The summed E-state index contributed by atoms with van der Waals surface area (Å²) >= 11 is 0. The van der Waals surface area contributed by atoms with E-state index in [0.717, 1.165) is 33.8 Å². The highest BCUT2D eigenvalue weighted by Crippen LogP contribution is 2.48. The lowest BCUT2D eigenvalue weighted by molar-refractivity contribution is -0.121. The fourth-order valence-corrected chi connectivity index (χ4v) is 4.69. The van der Waals surface area contributed by atoms with Crippen molar-refractivity contribution in [1.29, 1.82) is 0 Å². The van der Waals surface area contributed by atoms with Crippen molar-refractivity contribution >= 4 is 17.4 Å². The van der Waals surface area contributed by atoms with Gasteiger partial charge in [-0.2, -0.15) is 0 Å². The Labute approximate surface area is 172 Å². The molecule has 0 saturated carbocycles. The molecule has 0 N–H and O–H groups in total. The van der Waals surface area contributed by atoms with Crippen LogP contribution in [0.3, 0.4) is 0 Å². The number of nitrogens with zero attached hydrogens (tertiary/aromatic N) is 1. The van der Waals surface area contributed by atoms with Crippen molar-refractivity contribution in [2.75, 3.05) is 12.0 Å². The third-order valence-corrected chi connectivity index (χ3v) is 6.04. The largest absolute Gasteiger partial charge is 0.497 e. The summed E-state index contributed by atoms with van der Waals surface area (Å²) in [5.74, 6) is 0.769. The molecule has 1 heterocycles. The fraction of sp³-hybridized carbons (Fsp3) is 0.360. The highest BCUT2D eigenvalue weighted by atomic mass is 16.5. The number of aryl methyl sites for hydroxylation is 1. The molecule has 2 aliphatic rings. The Kier molecular flexibility index (Phi) is 4.81. The van der Waals surface area contributed by atoms with E-state index >= 15 is 0 Å². The molecule has 29 heavy (non-hydrogen) atoms. The average molecular weight is 389 g/mol. The van der Waals surface area contributed by atoms with E-state index in [2.05, 4.69) is 13.8 Å². The van der Waals surface area contributed by atoms with Gasteiger partial charge in [-0.1, -0.05) is 38.1 Å². The van der Waals surface area contributed by atoms with Gasteiger partial charge in [-0.05, 0) is 54.2 Å². The first-order valence-electron chi connectivity index (χ1n) is 10.1. The maximum atomic E-state index is 13.4. The van der Waals surface area contributed by atoms with Gasteiger partial charge in [0.05, 0.1) is 7.11 Å². The normalized spacial score (nSPS) is 21.2. The van der Waals surface area contributed by atoms with Gasteiger partial charge in [-0.3, -0.25) is 14.5 Å². The first-order chi connectivity index (χ1) is 13.8. The number of carbonyl (C=O) groups is 2. The number of allylic oxidation sites excluding steroid dienone is 2. The topological polar surface area (TPSA) is 46.6 Å². The van der Waals surface area contributed by atoms with Gasteiger partial charge in [-0.15, -0.1) is 0 Å². The van der Waals surface area contributed by atoms with Crippen molar-refractivity contribution in [3.63, 3.8) is 0 Å². The van der Waals surface area contributed by atoms with E-state index < -0.39 is 0 Å². The molecule has 4 nitrogen and oxygen atoms in total. The van der Waals surface area contributed by atoms with Gasteiger partial charge >= 0.3 is 0 Å². The Balaban J connectivity index is 1.89. The van der Waals surface area contributed by atoms with Crippen LogP contribution >= 0.6 is 0 Å². The number of ether oxygens (including phenoxy) is 1. The number of anilines is 1. The summed E-state index contributed by atoms with van der Waals surface area (Å²) in [5.41, 5.74) is 4.49. The van der Waals surface area contributed by atoms with Crippen molar-refractivity contribution < 1.29 is 14.3 Å². The zero-order valence-corrected chi connectivity index (χ0v) is 17.5. The fourth-order valence-electron chi connectivity index (χ4n) is 4.69. The first-order valence-corrected chi connectivity index (χ1v) is 10.1. The lowest BCUT2D eigenvalue weighted by Gasteiger charge is -2.43. The van der Waals surface area contributed by atoms with Gasteiger partial charge < -0.3 is 4.74 Å². The molecule has 1 aliphatic carbocycles. The minimum Gasteiger partial charge on any atom is -0.497 e. The number of hydrogen-bond donors (Lipinski definition) is 0. The van der Waals surface area contributed by atoms with Gasteiger partial charge in [0.15, 0.2) is 5.78 Å². The number of carbonyl (C=O) groups excluding carboxylic acids is 2. The Hall–Kier alpha value is -2.88. The number of methoxy groups -OCH3 is 1. The van der Waals surface area contributed by atoms with E-state index in [1.54, 1.807) is 12.0 Å². The molecule has 2 aromatic rings. The zero-order chi connectivity index (χ0) is 20.8. The maximum Gasteiger partial charge on any atom is 0.232 e. The average Bonchev–Trinajstić information content (AvgIpc) is 2.67. The van der Waals surface area contributed by atoms with E-state index in [1.165, 1.54) is 0 Å². The molecule has 0 spiro atoms. The lowest BCUT2D eigenvalue weighted by atomic mass is 9.69. The number of amides is 1. The van der Waals surface area contributed by atoms with Crippen molar-refractivity contribution in [2.24, 2.45) is 5.41 Å². The molecule has 0 fully saturated rings. The van der Waals surface area contributed by atoms with E-state index in [-0.39, 0.29) is 23.0 Å². The summed E-state index contributed by atoms with van der Waals surface area (Å²) in [5, 5.41) is 0. The van der Waals surface area contributed by atoms with Crippen LogP contribution in [0.1, 0.15) is 50.2 Å². The van der Waals surface area contributed by atoms with E-state index in [1.807, 2.05) is 55.5 Å². The van der Waals surface area contributed by atoms with Crippen LogP contribution < -0.4 is 9.64 Å². The summed E-state index contributed by atoms with van der Waals surface area (Å²) < 4.78 is 5.26. The number of rotatable bonds is 3. The Morgan fingerprint density at radius 3 is 2.34 bits per heavy atom. The molecular formula is C25H27NO3. The smallest absolute Gasteiger partial charge is 0.232 e. The first kappa shape index (κ1) is 19.4. The Morgan fingerprint density at radius 1 is 1.00 bits per heavy atom. The minimum atomic E-state index is -0.172. The van der Waals surface area contributed by atoms with E-state index in [4.69, 9.17) is 4.74 Å². The van der Waals surface area contributed by atoms with E-state index in [0.29, 0.717) is 19.3 Å². The van der Waals surface area contributed by atoms with Crippen LogP contribution in [0.5, 0.6) is 5.75 Å². The molecule has 0 radical (unpaired) electrons. The number of hydrogen-bond acceptors (Lipinski definition) is 3. The van der Waals surface area contributed by atoms with Crippen molar-refractivity contribution in [3.8, 4) is 5.75 Å². The molecule has 150 valence electrons. The van der Waals surface area contributed by atoms with Crippen molar-refractivity contribution in [1.82, 2.24) is 0 Å². The van der Waals surface area contributed by atoms with Crippen LogP contribution in [0, 0.1) is 12.3 Å². The molecular weight excluding hydrogens is 362 g/mol. The van der Waals surface area contributed by atoms with Crippen LogP contribution in [0.15, 0.2) is 59.8 Å². The van der Waals surface area contributed by atoms with Gasteiger partial charge in [-0.25, -0.2) is 0 Å². The Morgan fingerprint density at radius 2 is 1.69 bits per heavy atom. The zero-order valence-electron chi connectivity index (χ0n) is 17.5. The molecule has 4 heteroatoms. The minimum absolute atomic E-state index is 0.0349. The predicted molar refractivity (Wildman–Crippen MR) is 114 cm³/mol. The van der Waals surface area contributed by atoms with Crippen molar-refractivity contribution in [2.45, 2.75) is 46.0 Å². The summed E-state index contributed by atoms with van der Waals surface area (Å²) in [7, 11) is 1.62. The second-order valence-electron chi connectivity index (χ2n) is 8.84. The molecule has 2 aromatic carbocycles. The van der Waals surface area contributed by atoms with Gasteiger partial charge in [0.1, 0.15) is 5.75 Å². The monoisotopic (exact) mass is 389 g/mol. The van der Waals surface area contributed by atoms with Crippen molar-refractivity contribution in [3.05, 3.63) is 70.9 Å². The molecule has 0 bridgehead atoms. The molecule has 0 aromatic heterocycles. The quantitative estimate of drug-likeness (QED) is 0.728. The number of benzene rings is 2. The SMILES string of the molecule is COc1ccc(N2C(=O)CC(c3ccccc3C)C3=C2CC(C)(C)CC3=O)cc1.